The third kappa shape index (κ3) is 2.46. The first-order chi connectivity index (χ1) is 7.70. The Morgan fingerprint density at radius 2 is 2.00 bits per heavy atom. The summed E-state index contributed by atoms with van der Waals surface area (Å²) in [5.74, 6) is 0.800. The molecule has 0 saturated heterocycles. The van der Waals surface area contributed by atoms with Crippen molar-refractivity contribution in [2.45, 2.75) is 52.0 Å². The molecule has 1 N–H and O–H groups in total. The number of aryl methyl sites for hydroxylation is 2. The smallest absolute Gasteiger partial charge is 0.00787 e. The Labute approximate surface area is 99.3 Å². The molecule has 0 heterocycles. The molecule has 1 aliphatic carbocycles. The molecule has 1 heteroatoms. The Balaban J connectivity index is 1.93. The van der Waals surface area contributed by atoms with Crippen LogP contribution < -0.4 is 5.32 Å². The second-order valence-electron chi connectivity index (χ2n) is 5.18. The van der Waals surface area contributed by atoms with Gasteiger partial charge < -0.3 is 5.32 Å². The standard InChI is InChI=1S/C15H23N/c1-4-7-16-14-9-13(10-14)15-8-11(2)5-6-12(15)3/h5-6,8,13-14,16H,4,7,9-10H2,1-3H3. The lowest BCUT2D eigenvalue weighted by molar-refractivity contribution is 0.291. The molecule has 0 aliphatic heterocycles. The number of hydrogen-bond acceptors (Lipinski definition) is 1. The van der Waals surface area contributed by atoms with Crippen molar-refractivity contribution in [3.63, 3.8) is 0 Å². The van der Waals surface area contributed by atoms with Crippen LogP contribution in [0.2, 0.25) is 0 Å². The van der Waals surface area contributed by atoms with E-state index in [9.17, 15) is 0 Å². The normalized spacial score (nSPS) is 24.2. The van der Waals surface area contributed by atoms with Gasteiger partial charge in [-0.05, 0) is 56.7 Å². The largest absolute Gasteiger partial charge is 0.314 e. The topological polar surface area (TPSA) is 12.0 Å². The summed E-state index contributed by atoms with van der Waals surface area (Å²) in [7, 11) is 0. The first-order valence-corrected chi connectivity index (χ1v) is 6.51. The van der Waals surface area contributed by atoms with Crippen LogP contribution in [-0.4, -0.2) is 12.6 Å². The summed E-state index contributed by atoms with van der Waals surface area (Å²) in [4.78, 5) is 0. The van der Waals surface area contributed by atoms with Crippen molar-refractivity contribution >= 4 is 0 Å². The van der Waals surface area contributed by atoms with Crippen molar-refractivity contribution in [1.82, 2.24) is 5.32 Å². The van der Waals surface area contributed by atoms with E-state index in [2.05, 4.69) is 44.3 Å². The quantitative estimate of drug-likeness (QED) is 0.813. The van der Waals surface area contributed by atoms with Gasteiger partial charge in [0.25, 0.3) is 0 Å². The highest BCUT2D eigenvalue weighted by Crippen LogP contribution is 2.38. The van der Waals surface area contributed by atoms with Gasteiger partial charge in [-0.2, -0.15) is 0 Å². The first-order valence-electron chi connectivity index (χ1n) is 6.51. The molecule has 0 amide bonds. The van der Waals surface area contributed by atoms with Crippen molar-refractivity contribution in [2.75, 3.05) is 6.54 Å². The second kappa shape index (κ2) is 5.01. The van der Waals surface area contributed by atoms with Crippen LogP contribution in [-0.2, 0) is 0 Å². The molecule has 1 saturated carbocycles. The minimum absolute atomic E-state index is 0.768. The lowest BCUT2D eigenvalue weighted by Crippen LogP contribution is -2.40. The fourth-order valence-corrected chi connectivity index (χ4v) is 2.59. The van der Waals surface area contributed by atoms with Crippen molar-refractivity contribution in [2.24, 2.45) is 0 Å². The highest BCUT2D eigenvalue weighted by atomic mass is 14.9. The summed E-state index contributed by atoms with van der Waals surface area (Å²) in [6.07, 6.45) is 3.89. The fraction of sp³-hybridized carbons (Fsp3) is 0.600. The van der Waals surface area contributed by atoms with Crippen LogP contribution in [0.1, 0.15) is 48.8 Å². The van der Waals surface area contributed by atoms with Crippen LogP contribution in [0.25, 0.3) is 0 Å². The third-order valence-corrected chi connectivity index (χ3v) is 3.70. The van der Waals surface area contributed by atoms with Crippen LogP contribution in [0.3, 0.4) is 0 Å². The van der Waals surface area contributed by atoms with E-state index in [0.717, 1.165) is 12.0 Å². The van der Waals surface area contributed by atoms with Crippen molar-refractivity contribution in [1.29, 1.82) is 0 Å². The van der Waals surface area contributed by atoms with Gasteiger partial charge in [-0.3, -0.25) is 0 Å². The van der Waals surface area contributed by atoms with E-state index in [-0.39, 0.29) is 0 Å². The lowest BCUT2D eigenvalue weighted by atomic mass is 9.74. The van der Waals surface area contributed by atoms with E-state index < -0.39 is 0 Å². The summed E-state index contributed by atoms with van der Waals surface area (Å²) in [6, 6.07) is 7.61. The highest BCUT2D eigenvalue weighted by molar-refractivity contribution is 5.35. The molecule has 1 aliphatic rings. The molecule has 0 radical (unpaired) electrons. The van der Waals surface area contributed by atoms with Crippen molar-refractivity contribution in [3.8, 4) is 0 Å². The molecule has 2 rings (SSSR count). The van der Waals surface area contributed by atoms with Crippen LogP contribution in [0, 0.1) is 13.8 Å². The maximum atomic E-state index is 3.60. The summed E-state index contributed by atoms with van der Waals surface area (Å²) in [6.45, 7) is 7.83. The molecular weight excluding hydrogens is 194 g/mol. The van der Waals surface area contributed by atoms with Gasteiger partial charge >= 0.3 is 0 Å². The molecule has 0 aromatic heterocycles. The van der Waals surface area contributed by atoms with Gasteiger partial charge in [0.05, 0.1) is 0 Å². The van der Waals surface area contributed by atoms with E-state index >= 15 is 0 Å². The Morgan fingerprint density at radius 3 is 2.69 bits per heavy atom. The van der Waals surface area contributed by atoms with Gasteiger partial charge in [-0.15, -0.1) is 0 Å². The van der Waals surface area contributed by atoms with E-state index in [1.54, 1.807) is 5.56 Å². The predicted octanol–water partition coefficient (Wildman–Crippen LogP) is 3.55. The molecule has 0 bridgehead atoms. The molecule has 1 fully saturated rings. The number of benzene rings is 1. The summed E-state index contributed by atoms with van der Waals surface area (Å²) in [5.41, 5.74) is 4.43. The minimum atomic E-state index is 0.768. The van der Waals surface area contributed by atoms with Gasteiger partial charge in [0.2, 0.25) is 0 Å². The van der Waals surface area contributed by atoms with Crippen LogP contribution in [0.4, 0.5) is 0 Å². The Bertz CT molecular complexity index is 350. The number of rotatable bonds is 4. The predicted molar refractivity (Wildman–Crippen MR) is 70.0 cm³/mol. The molecule has 16 heavy (non-hydrogen) atoms. The third-order valence-electron chi connectivity index (χ3n) is 3.70. The zero-order valence-corrected chi connectivity index (χ0v) is 10.7. The monoisotopic (exact) mass is 217 g/mol. The van der Waals surface area contributed by atoms with Gasteiger partial charge in [0.15, 0.2) is 0 Å². The minimum Gasteiger partial charge on any atom is -0.314 e. The zero-order chi connectivity index (χ0) is 11.5. The van der Waals surface area contributed by atoms with Crippen LogP contribution in [0.5, 0.6) is 0 Å². The van der Waals surface area contributed by atoms with Crippen molar-refractivity contribution < 1.29 is 0 Å². The van der Waals surface area contributed by atoms with Crippen LogP contribution >= 0.6 is 0 Å². The summed E-state index contributed by atoms with van der Waals surface area (Å²) >= 11 is 0. The summed E-state index contributed by atoms with van der Waals surface area (Å²) < 4.78 is 0. The number of hydrogen-bond donors (Lipinski definition) is 1. The molecular formula is C15H23N. The molecule has 88 valence electrons. The fourth-order valence-electron chi connectivity index (χ4n) is 2.59. The average Bonchev–Trinajstić information content (AvgIpc) is 2.21. The van der Waals surface area contributed by atoms with Crippen molar-refractivity contribution in [3.05, 3.63) is 34.9 Å². The van der Waals surface area contributed by atoms with Gasteiger partial charge in [-0.25, -0.2) is 0 Å². The Hall–Kier alpha value is -0.820. The van der Waals surface area contributed by atoms with E-state index in [1.165, 1.54) is 36.9 Å². The second-order valence-corrected chi connectivity index (χ2v) is 5.18. The molecule has 0 spiro atoms. The van der Waals surface area contributed by atoms with E-state index in [1.807, 2.05) is 0 Å². The maximum absolute atomic E-state index is 3.60. The lowest BCUT2D eigenvalue weighted by Gasteiger charge is -2.37. The van der Waals surface area contributed by atoms with E-state index in [4.69, 9.17) is 0 Å². The maximum Gasteiger partial charge on any atom is 0.00787 e. The SMILES string of the molecule is CCCNC1CC(c2cc(C)ccc2C)C1. The zero-order valence-electron chi connectivity index (χ0n) is 10.7. The van der Waals surface area contributed by atoms with Gasteiger partial charge in [0, 0.05) is 6.04 Å². The molecule has 1 aromatic carbocycles. The molecule has 1 nitrogen and oxygen atoms in total. The summed E-state index contributed by atoms with van der Waals surface area (Å²) in [5, 5.41) is 3.60. The molecule has 0 atom stereocenters. The first kappa shape index (κ1) is 11.7. The van der Waals surface area contributed by atoms with Gasteiger partial charge in [-0.1, -0.05) is 30.7 Å². The molecule has 1 aromatic rings. The van der Waals surface area contributed by atoms with E-state index in [0.29, 0.717) is 0 Å². The Morgan fingerprint density at radius 1 is 1.25 bits per heavy atom. The average molecular weight is 217 g/mol. The highest BCUT2D eigenvalue weighted by Gasteiger charge is 2.30. The Kier molecular flexibility index (Phi) is 3.65. The van der Waals surface area contributed by atoms with Gasteiger partial charge in [0.1, 0.15) is 0 Å². The molecule has 0 unspecified atom stereocenters. The van der Waals surface area contributed by atoms with Crippen LogP contribution in [0.15, 0.2) is 18.2 Å². The number of nitrogens with one attached hydrogen (secondary N) is 1.